The second kappa shape index (κ2) is 8.25. The number of benzene rings is 2. The average molecular weight is 530 g/mol. The SMILES string of the molecule is CN(CCc1ccc(Cl)c(Cl)c1)[C@H]1CC[C@@]2(O)[C@@H]3Cc4ccc(O)c5c4[C@@]2(CCN3CC2CC2)[C@H]1O5. The van der Waals surface area contributed by atoms with Gasteiger partial charge in [-0.25, -0.2) is 0 Å². The van der Waals surface area contributed by atoms with Crippen LogP contribution in [-0.4, -0.2) is 70.5 Å². The molecule has 3 fully saturated rings. The van der Waals surface area contributed by atoms with Gasteiger partial charge in [0, 0.05) is 30.7 Å². The minimum absolute atomic E-state index is 0.114. The zero-order valence-electron chi connectivity index (χ0n) is 20.7. The molecule has 192 valence electrons. The first kappa shape index (κ1) is 23.6. The number of rotatable bonds is 6. The third-order valence-corrected chi connectivity index (χ3v) is 10.8. The lowest BCUT2D eigenvalue weighted by Crippen LogP contribution is -2.78. The zero-order valence-corrected chi connectivity index (χ0v) is 22.2. The molecule has 1 spiro atoms. The van der Waals surface area contributed by atoms with Crippen LogP contribution < -0.4 is 4.74 Å². The molecule has 0 amide bonds. The molecule has 2 aromatic rings. The fourth-order valence-corrected chi connectivity index (χ4v) is 8.39. The van der Waals surface area contributed by atoms with Crippen molar-refractivity contribution in [2.75, 3.05) is 26.7 Å². The zero-order chi connectivity index (χ0) is 24.8. The first-order valence-electron chi connectivity index (χ1n) is 13.4. The number of nitrogens with zero attached hydrogens (tertiary/aromatic N) is 2. The van der Waals surface area contributed by atoms with Crippen molar-refractivity contribution >= 4 is 23.2 Å². The number of piperidine rings is 1. The van der Waals surface area contributed by atoms with Gasteiger partial charge < -0.3 is 14.9 Å². The highest BCUT2D eigenvalue weighted by molar-refractivity contribution is 6.42. The summed E-state index contributed by atoms with van der Waals surface area (Å²) in [5.74, 6) is 1.62. The first-order chi connectivity index (χ1) is 17.3. The van der Waals surface area contributed by atoms with Crippen LogP contribution in [0.1, 0.15) is 48.8 Å². The van der Waals surface area contributed by atoms with Crippen molar-refractivity contribution in [3.63, 3.8) is 0 Å². The molecule has 0 unspecified atom stereocenters. The van der Waals surface area contributed by atoms with Gasteiger partial charge in [-0.2, -0.15) is 0 Å². The molecular weight excluding hydrogens is 495 g/mol. The molecule has 2 heterocycles. The van der Waals surface area contributed by atoms with E-state index in [0.717, 1.165) is 68.8 Å². The van der Waals surface area contributed by atoms with E-state index in [1.54, 1.807) is 6.07 Å². The Morgan fingerprint density at radius 2 is 1.94 bits per heavy atom. The monoisotopic (exact) mass is 528 g/mol. The Balaban J connectivity index is 1.22. The summed E-state index contributed by atoms with van der Waals surface area (Å²) >= 11 is 12.4. The molecule has 2 N–H and O–H groups in total. The highest BCUT2D eigenvalue weighted by atomic mass is 35.5. The predicted molar refractivity (Wildman–Crippen MR) is 141 cm³/mol. The van der Waals surface area contributed by atoms with Crippen LogP contribution in [0.3, 0.4) is 0 Å². The third-order valence-electron chi connectivity index (χ3n) is 10.0. The summed E-state index contributed by atoms with van der Waals surface area (Å²) in [4.78, 5) is 4.98. The maximum absolute atomic E-state index is 12.6. The molecule has 2 aliphatic heterocycles. The number of likely N-dealkylation sites (N-methyl/N-ethyl adjacent to an activating group) is 1. The van der Waals surface area contributed by atoms with Gasteiger partial charge in [-0.3, -0.25) is 9.80 Å². The lowest BCUT2D eigenvalue weighted by Gasteiger charge is -2.64. The topological polar surface area (TPSA) is 56.2 Å². The molecule has 2 aromatic carbocycles. The van der Waals surface area contributed by atoms with Crippen LogP contribution in [0.4, 0.5) is 0 Å². The van der Waals surface area contributed by atoms with Crippen LogP contribution in [0.15, 0.2) is 30.3 Å². The van der Waals surface area contributed by atoms with Crippen LogP contribution in [0.5, 0.6) is 11.5 Å². The maximum atomic E-state index is 12.6. The Bertz CT molecular complexity index is 1220. The Labute approximate surface area is 222 Å². The van der Waals surface area contributed by atoms with Gasteiger partial charge in [-0.1, -0.05) is 35.3 Å². The Kier molecular flexibility index (Phi) is 5.41. The summed E-state index contributed by atoms with van der Waals surface area (Å²) in [5, 5.41) is 24.6. The molecule has 2 bridgehead atoms. The summed E-state index contributed by atoms with van der Waals surface area (Å²) in [6, 6.07) is 9.97. The van der Waals surface area contributed by atoms with E-state index in [9.17, 15) is 10.2 Å². The fraction of sp³-hybridized carbons (Fsp3) is 0.586. The second-order valence-corrected chi connectivity index (χ2v) is 12.7. The number of halogens is 2. The number of ether oxygens (including phenoxy) is 1. The van der Waals surface area contributed by atoms with Gasteiger partial charge in [0.1, 0.15) is 6.10 Å². The van der Waals surface area contributed by atoms with Gasteiger partial charge in [0.05, 0.1) is 21.1 Å². The molecule has 5 atom stereocenters. The highest BCUT2D eigenvalue weighted by Gasteiger charge is 2.73. The van der Waals surface area contributed by atoms with E-state index >= 15 is 0 Å². The Hall–Kier alpha value is -1.50. The predicted octanol–water partition coefficient (Wildman–Crippen LogP) is 4.81. The van der Waals surface area contributed by atoms with E-state index in [1.165, 1.54) is 18.4 Å². The van der Waals surface area contributed by atoms with E-state index < -0.39 is 11.0 Å². The van der Waals surface area contributed by atoms with E-state index in [4.69, 9.17) is 27.9 Å². The van der Waals surface area contributed by atoms with Crippen molar-refractivity contribution in [3.8, 4) is 11.5 Å². The van der Waals surface area contributed by atoms with Gasteiger partial charge in [0.25, 0.3) is 0 Å². The van der Waals surface area contributed by atoms with Crippen LogP contribution >= 0.6 is 23.2 Å². The number of aliphatic hydroxyl groups is 1. The minimum Gasteiger partial charge on any atom is -0.504 e. The number of hydrogen-bond donors (Lipinski definition) is 2. The quantitative estimate of drug-likeness (QED) is 0.563. The number of hydrogen-bond acceptors (Lipinski definition) is 5. The van der Waals surface area contributed by atoms with E-state index in [0.29, 0.717) is 15.8 Å². The van der Waals surface area contributed by atoms with Crippen LogP contribution in [0, 0.1) is 5.92 Å². The number of phenolic OH excluding ortho intramolecular Hbond substituents is 1. The molecule has 0 aromatic heterocycles. The van der Waals surface area contributed by atoms with Crippen molar-refractivity contribution in [2.24, 2.45) is 5.92 Å². The summed E-state index contributed by atoms with van der Waals surface area (Å²) < 4.78 is 6.72. The minimum atomic E-state index is -0.835. The molecule has 3 aliphatic carbocycles. The van der Waals surface area contributed by atoms with Crippen molar-refractivity contribution in [1.29, 1.82) is 0 Å². The molecular formula is C29H34Cl2N2O3. The van der Waals surface area contributed by atoms with Crippen LogP contribution in [-0.2, 0) is 18.3 Å². The maximum Gasteiger partial charge on any atom is 0.165 e. The van der Waals surface area contributed by atoms with Crippen molar-refractivity contribution in [1.82, 2.24) is 9.80 Å². The van der Waals surface area contributed by atoms with Crippen molar-refractivity contribution in [2.45, 2.75) is 74.1 Å². The van der Waals surface area contributed by atoms with E-state index in [1.807, 2.05) is 18.2 Å². The molecule has 0 radical (unpaired) electrons. The first-order valence-corrected chi connectivity index (χ1v) is 14.2. The van der Waals surface area contributed by atoms with Crippen molar-refractivity contribution in [3.05, 3.63) is 57.1 Å². The largest absolute Gasteiger partial charge is 0.504 e. The number of phenols is 1. The van der Waals surface area contributed by atoms with Gasteiger partial charge in [-0.15, -0.1) is 0 Å². The number of likely N-dealkylation sites (tertiary alicyclic amines) is 1. The average Bonchev–Trinajstić information content (AvgIpc) is 3.60. The summed E-state index contributed by atoms with van der Waals surface area (Å²) in [7, 11) is 2.17. The highest BCUT2D eigenvalue weighted by Crippen LogP contribution is 2.66. The second-order valence-electron chi connectivity index (χ2n) is 11.9. The van der Waals surface area contributed by atoms with Crippen molar-refractivity contribution < 1.29 is 14.9 Å². The molecule has 2 saturated carbocycles. The fourth-order valence-electron chi connectivity index (χ4n) is 8.07. The summed E-state index contributed by atoms with van der Waals surface area (Å²) in [5.41, 5.74) is 2.20. The Morgan fingerprint density at radius 1 is 1.11 bits per heavy atom. The Morgan fingerprint density at radius 3 is 2.72 bits per heavy atom. The van der Waals surface area contributed by atoms with Gasteiger partial charge in [-0.05, 0) is 93.8 Å². The van der Waals surface area contributed by atoms with E-state index in [2.05, 4.69) is 22.9 Å². The molecule has 5 aliphatic rings. The van der Waals surface area contributed by atoms with Crippen LogP contribution in [0.2, 0.25) is 10.0 Å². The number of aromatic hydroxyl groups is 1. The van der Waals surface area contributed by atoms with Gasteiger partial charge >= 0.3 is 0 Å². The molecule has 7 heteroatoms. The van der Waals surface area contributed by atoms with Crippen LogP contribution in [0.25, 0.3) is 0 Å². The molecule has 5 nitrogen and oxygen atoms in total. The van der Waals surface area contributed by atoms with E-state index in [-0.39, 0.29) is 23.9 Å². The summed E-state index contributed by atoms with van der Waals surface area (Å²) in [6.45, 7) is 2.93. The lowest BCUT2D eigenvalue weighted by atomic mass is 9.48. The van der Waals surface area contributed by atoms with Gasteiger partial charge in [0.2, 0.25) is 0 Å². The summed E-state index contributed by atoms with van der Waals surface area (Å²) in [6.07, 6.45) is 6.66. The molecule has 1 saturated heterocycles. The standard InChI is InChI=1S/C29H34Cl2N2O3/c1-32(12-9-17-4-6-20(30)21(31)14-17)22-8-10-29(35)24-15-19-5-7-23(34)26-25(19)28(29,27(22)36-26)11-13-33(24)16-18-2-3-18/h4-7,14,18,22,24,27,34-35H,2-3,8-13,15-16H2,1H3/t22-,24-,27-,28-,29+/m0/s1. The lowest BCUT2D eigenvalue weighted by molar-refractivity contribution is -0.199. The normalized spacial score (nSPS) is 34.5. The molecule has 36 heavy (non-hydrogen) atoms. The smallest absolute Gasteiger partial charge is 0.165 e. The van der Waals surface area contributed by atoms with Gasteiger partial charge in [0.15, 0.2) is 11.5 Å². The molecule has 7 rings (SSSR count). The third kappa shape index (κ3) is 3.26.